The molecule has 23 heavy (non-hydrogen) atoms. The van der Waals surface area contributed by atoms with Gasteiger partial charge in [0, 0.05) is 19.1 Å². The fraction of sp³-hybridized carbons (Fsp3) is 0.632. The van der Waals surface area contributed by atoms with E-state index in [1.807, 2.05) is 26.8 Å². The molecular weight excluding hydrogens is 288 g/mol. The van der Waals surface area contributed by atoms with Gasteiger partial charge in [0.25, 0.3) is 0 Å². The van der Waals surface area contributed by atoms with Crippen molar-refractivity contribution in [1.82, 2.24) is 10.6 Å². The topological polar surface area (TPSA) is 50.4 Å². The van der Waals surface area contributed by atoms with Gasteiger partial charge >= 0.3 is 6.09 Å². The lowest BCUT2D eigenvalue weighted by atomic mass is 9.88. The van der Waals surface area contributed by atoms with E-state index in [-0.39, 0.29) is 12.1 Å². The number of rotatable bonds is 7. The van der Waals surface area contributed by atoms with Gasteiger partial charge in [0.15, 0.2) is 0 Å². The lowest BCUT2D eigenvalue weighted by Gasteiger charge is -2.25. The summed E-state index contributed by atoms with van der Waals surface area (Å²) in [6.45, 7) is 13.6. The molecule has 2 N–H and O–H groups in total. The minimum atomic E-state index is -0.462. The third-order valence-corrected chi connectivity index (χ3v) is 3.67. The molecule has 130 valence electrons. The Labute approximate surface area is 141 Å². The number of hydrogen-bond acceptors (Lipinski definition) is 3. The van der Waals surface area contributed by atoms with Gasteiger partial charge < -0.3 is 15.4 Å². The number of carbonyl (C=O) groups is 1. The van der Waals surface area contributed by atoms with Gasteiger partial charge in [-0.05, 0) is 45.1 Å². The highest BCUT2D eigenvalue weighted by atomic mass is 16.6. The van der Waals surface area contributed by atoms with E-state index in [1.54, 1.807) is 0 Å². The van der Waals surface area contributed by atoms with Crippen molar-refractivity contribution in [2.75, 3.05) is 13.1 Å². The summed E-state index contributed by atoms with van der Waals surface area (Å²) in [5, 5.41) is 6.32. The number of carbonyl (C=O) groups excluding carboxylic acids is 1. The maximum atomic E-state index is 11.7. The molecule has 0 bridgehead atoms. The second-order valence-electron chi connectivity index (χ2n) is 7.45. The minimum Gasteiger partial charge on any atom is -0.444 e. The van der Waals surface area contributed by atoms with Crippen molar-refractivity contribution in [2.24, 2.45) is 5.92 Å². The van der Waals surface area contributed by atoms with Crippen molar-refractivity contribution in [2.45, 2.75) is 59.1 Å². The first-order chi connectivity index (χ1) is 10.7. The van der Waals surface area contributed by atoms with Crippen LogP contribution in [0, 0.1) is 5.92 Å². The van der Waals surface area contributed by atoms with Crippen molar-refractivity contribution >= 4 is 6.09 Å². The van der Waals surface area contributed by atoms with E-state index < -0.39 is 5.60 Å². The van der Waals surface area contributed by atoms with Gasteiger partial charge in [-0.15, -0.1) is 0 Å². The Hall–Kier alpha value is -1.55. The zero-order chi connectivity index (χ0) is 17.5. The predicted octanol–water partition coefficient (Wildman–Crippen LogP) is 3.93. The molecule has 0 aliphatic carbocycles. The Kier molecular flexibility index (Phi) is 7.56. The molecule has 0 spiro atoms. The van der Waals surface area contributed by atoms with Crippen LogP contribution in [0.1, 0.15) is 53.0 Å². The third kappa shape index (κ3) is 8.03. The Morgan fingerprint density at radius 1 is 1.09 bits per heavy atom. The summed E-state index contributed by atoms with van der Waals surface area (Å²) in [4.78, 5) is 11.7. The van der Waals surface area contributed by atoms with Crippen molar-refractivity contribution in [3.05, 3.63) is 35.9 Å². The van der Waals surface area contributed by atoms with Crippen LogP contribution in [0.4, 0.5) is 4.79 Å². The lowest BCUT2D eigenvalue weighted by Crippen LogP contribution is -2.42. The maximum Gasteiger partial charge on any atom is 0.407 e. The summed E-state index contributed by atoms with van der Waals surface area (Å²) in [6.07, 6.45) is -0.366. The van der Waals surface area contributed by atoms with Gasteiger partial charge in [0.2, 0.25) is 0 Å². The van der Waals surface area contributed by atoms with Crippen LogP contribution in [0.2, 0.25) is 0 Å². The number of hydrogen-bond donors (Lipinski definition) is 2. The number of nitrogens with one attached hydrogen (secondary N) is 2. The van der Waals surface area contributed by atoms with E-state index in [1.165, 1.54) is 5.56 Å². The summed E-state index contributed by atoms with van der Waals surface area (Å²) in [5.41, 5.74) is 0.888. The Morgan fingerprint density at radius 3 is 2.22 bits per heavy atom. The molecule has 0 aliphatic heterocycles. The van der Waals surface area contributed by atoms with Crippen molar-refractivity contribution in [3.8, 4) is 0 Å². The summed E-state index contributed by atoms with van der Waals surface area (Å²) >= 11 is 0. The molecule has 4 nitrogen and oxygen atoms in total. The van der Waals surface area contributed by atoms with Gasteiger partial charge in [-0.3, -0.25) is 0 Å². The van der Waals surface area contributed by atoms with Gasteiger partial charge in [0.05, 0.1) is 0 Å². The van der Waals surface area contributed by atoms with Gasteiger partial charge in [-0.2, -0.15) is 0 Å². The Balaban J connectivity index is 2.41. The van der Waals surface area contributed by atoms with Crippen LogP contribution in [0.15, 0.2) is 30.3 Å². The normalized spacial score (nSPS) is 14.4. The number of alkyl carbamates (subject to hydrolysis) is 1. The predicted molar refractivity (Wildman–Crippen MR) is 95.7 cm³/mol. The molecule has 1 aromatic carbocycles. The lowest BCUT2D eigenvalue weighted by molar-refractivity contribution is 0.0523. The van der Waals surface area contributed by atoms with Crippen molar-refractivity contribution < 1.29 is 9.53 Å². The highest BCUT2D eigenvalue weighted by molar-refractivity contribution is 5.67. The summed E-state index contributed by atoms with van der Waals surface area (Å²) in [5.74, 6) is 1.01. The molecular formula is C19H32N2O2. The molecule has 1 rings (SSSR count). The molecule has 0 saturated heterocycles. The molecule has 0 radical (unpaired) electrons. The molecule has 0 aliphatic rings. The van der Waals surface area contributed by atoms with E-state index >= 15 is 0 Å². The molecule has 2 atom stereocenters. The van der Waals surface area contributed by atoms with Crippen molar-refractivity contribution in [3.63, 3.8) is 0 Å². The average molecular weight is 320 g/mol. The zero-order valence-corrected chi connectivity index (χ0v) is 15.3. The number of benzene rings is 1. The monoisotopic (exact) mass is 320 g/mol. The van der Waals surface area contributed by atoms with Gasteiger partial charge in [-0.1, -0.05) is 44.2 Å². The highest BCUT2D eigenvalue weighted by Crippen LogP contribution is 2.23. The van der Waals surface area contributed by atoms with E-state index in [4.69, 9.17) is 4.74 Å². The van der Waals surface area contributed by atoms with E-state index in [9.17, 15) is 4.79 Å². The largest absolute Gasteiger partial charge is 0.444 e. The average Bonchev–Trinajstić information content (AvgIpc) is 2.44. The molecule has 0 heterocycles. The Bertz CT molecular complexity index is 466. The van der Waals surface area contributed by atoms with E-state index in [2.05, 4.69) is 55.7 Å². The van der Waals surface area contributed by atoms with Crippen LogP contribution in [-0.4, -0.2) is 30.8 Å². The molecule has 1 amide bonds. The highest BCUT2D eigenvalue weighted by Gasteiger charge is 2.18. The van der Waals surface area contributed by atoms with Crippen LogP contribution in [0.3, 0.4) is 0 Å². The van der Waals surface area contributed by atoms with Crippen LogP contribution in [-0.2, 0) is 4.74 Å². The first kappa shape index (κ1) is 19.5. The second kappa shape index (κ2) is 8.92. The maximum absolute atomic E-state index is 11.7. The fourth-order valence-corrected chi connectivity index (χ4v) is 2.39. The van der Waals surface area contributed by atoms with Crippen LogP contribution < -0.4 is 10.6 Å². The van der Waals surface area contributed by atoms with Crippen LogP contribution in [0.25, 0.3) is 0 Å². The van der Waals surface area contributed by atoms with Crippen LogP contribution >= 0.6 is 0 Å². The quantitative estimate of drug-likeness (QED) is 0.800. The first-order valence-corrected chi connectivity index (χ1v) is 8.44. The molecule has 0 aromatic heterocycles. The second-order valence-corrected chi connectivity index (χ2v) is 7.45. The minimum absolute atomic E-state index is 0.187. The summed E-state index contributed by atoms with van der Waals surface area (Å²) < 4.78 is 5.24. The number of amides is 1. The summed E-state index contributed by atoms with van der Waals surface area (Å²) in [6, 6.07) is 10.7. The third-order valence-electron chi connectivity index (χ3n) is 3.67. The van der Waals surface area contributed by atoms with Gasteiger partial charge in [0.1, 0.15) is 5.60 Å². The standard InChI is InChI=1S/C19H32N2O2/c1-14(2)17(16-10-8-7-9-11-16)13-20-15(3)12-21-18(22)23-19(4,5)6/h7-11,14-15,17,20H,12-13H2,1-6H3,(H,21,22). The Morgan fingerprint density at radius 2 is 1.70 bits per heavy atom. The SMILES string of the molecule is CC(CNC(=O)OC(C)(C)C)NCC(c1ccccc1)C(C)C. The van der Waals surface area contributed by atoms with E-state index in [0.29, 0.717) is 18.4 Å². The van der Waals surface area contributed by atoms with Gasteiger partial charge in [-0.25, -0.2) is 4.79 Å². The molecule has 4 heteroatoms. The smallest absolute Gasteiger partial charge is 0.407 e. The molecule has 1 aromatic rings. The van der Waals surface area contributed by atoms with E-state index in [0.717, 1.165) is 6.54 Å². The summed E-state index contributed by atoms with van der Waals surface area (Å²) in [7, 11) is 0. The van der Waals surface area contributed by atoms with Crippen molar-refractivity contribution in [1.29, 1.82) is 0 Å². The van der Waals surface area contributed by atoms with Crippen LogP contribution in [0.5, 0.6) is 0 Å². The molecule has 0 fully saturated rings. The molecule has 2 unspecified atom stereocenters. The first-order valence-electron chi connectivity index (χ1n) is 8.44. The fourth-order valence-electron chi connectivity index (χ4n) is 2.39. The number of ether oxygens (including phenoxy) is 1. The molecule has 0 saturated carbocycles. The zero-order valence-electron chi connectivity index (χ0n) is 15.3.